The van der Waals surface area contributed by atoms with Gasteiger partial charge in [0.2, 0.25) is 0 Å². The predicted molar refractivity (Wildman–Crippen MR) is 83.1 cm³/mol. The number of hydrogen-bond donors (Lipinski definition) is 2. The lowest BCUT2D eigenvalue weighted by atomic mass is 10.1. The SMILES string of the molecule is CN(Cc1cscn1)Cc1ccc(C(=O)NN)cc1Br. The molecule has 0 fully saturated rings. The molecule has 5 nitrogen and oxygen atoms in total. The molecule has 0 unspecified atom stereocenters. The summed E-state index contributed by atoms with van der Waals surface area (Å²) < 4.78 is 0.892. The van der Waals surface area contributed by atoms with Crippen molar-refractivity contribution in [2.75, 3.05) is 7.05 Å². The van der Waals surface area contributed by atoms with E-state index in [1.165, 1.54) is 0 Å². The topological polar surface area (TPSA) is 71.2 Å². The molecule has 0 aliphatic carbocycles. The molecule has 1 aromatic carbocycles. The second-order valence-corrected chi connectivity index (χ2v) is 6.00. The van der Waals surface area contributed by atoms with Crippen LogP contribution in [-0.2, 0) is 13.1 Å². The zero-order chi connectivity index (χ0) is 14.5. The van der Waals surface area contributed by atoms with E-state index in [4.69, 9.17) is 5.84 Å². The number of hydrazine groups is 1. The Balaban J connectivity index is 2.04. The largest absolute Gasteiger partial charge is 0.296 e. The Labute approximate surface area is 129 Å². The van der Waals surface area contributed by atoms with Crippen LogP contribution in [0.25, 0.3) is 0 Å². The second kappa shape index (κ2) is 6.94. The Morgan fingerprint density at radius 2 is 2.30 bits per heavy atom. The first-order valence-electron chi connectivity index (χ1n) is 5.95. The number of amides is 1. The van der Waals surface area contributed by atoms with E-state index in [1.807, 2.05) is 24.0 Å². The van der Waals surface area contributed by atoms with Crippen molar-refractivity contribution in [2.24, 2.45) is 5.84 Å². The summed E-state index contributed by atoms with van der Waals surface area (Å²) in [6.07, 6.45) is 0. The van der Waals surface area contributed by atoms with Crippen LogP contribution in [-0.4, -0.2) is 22.8 Å². The van der Waals surface area contributed by atoms with Crippen LogP contribution >= 0.6 is 27.3 Å². The van der Waals surface area contributed by atoms with E-state index >= 15 is 0 Å². The molecule has 106 valence electrons. The molecule has 0 aliphatic heterocycles. The lowest BCUT2D eigenvalue weighted by molar-refractivity contribution is 0.0953. The van der Waals surface area contributed by atoms with E-state index in [0.717, 1.165) is 28.8 Å². The number of carbonyl (C=O) groups is 1. The average molecular weight is 355 g/mol. The van der Waals surface area contributed by atoms with Gasteiger partial charge in [0.15, 0.2) is 0 Å². The van der Waals surface area contributed by atoms with Crippen molar-refractivity contribution in [1.29, 1.82) is 0 Å². The predicted octanol–water partition coefficient (Wildman–Crippen LogP) is 2.14. The van der Waals surface area contributed by atoms with Gasteiger partial charge in [-0.3, -0.25) is 15.1 Å². The summed E-state index contributed by atoms with van der Waals surface area (Å²) in [6, 6.07) is 5.46. The molecule has 0 radical (unpaired) electrons. The first-order chi connectivity index (χ1) is 9.60. The Bertz CT molecular complexity index is 588. The van der Waals surface area contributed by atoms with Crippen LogP contribution in [0.15, 0.2) is 33.6 Å². The van der Waals surface area contributed by atoms with Gasteiger partial charge in [0.1, 0.15) is 0 Å². The number of nitrogens with one attached hydrogen (secondary N) is 1. The van der Waals surface area contributed by atoms with Crippen molar-refractivity contribution in [2.45, 2.75) is 13.1 Å². The van der Waals surface area contributed by atoms with Gasteiger partial charge in [-0.05, 0) is 24.7 Å². The number of rotatable bonds is 5. The first-order valence-corrected chi connectivity index (χ1v) is 7.68. The fourth-order valence-corrected chi connectivity index (χ4v) is 2.89. The fourth-order valence-electron chi connectivity index (χ4n) is 1.84. The van der Waals surface area contributed by atoms with Crippen molar-refractivity contribution in [1.82, 2.24) is 15.3 Å². The number of hydrogen-bond acceptors (Lipinski definition) is 5. The van der Waals surface area contributed by atoms with Gasteiger partial charge in [0.25, 0.3) is 5.91 Å². The minimum absolute atomic E-state index is 0.298. The molecule has 0 aliphatic rings. The zero-order valence-electron chi connectivity index (χ0n) is 11.0. The van der Waals surface area contributed by atoms with Crippen molar-refractivity contribution in [3.63, 3.8) is 0 Å². The maximum absolute atomic E-state index is 11.4. The van der Waals surface area contributed by atoms with Gasteiger partial charge in [-0.25, -0.2) is 10.8 Å². The Morgan fingerprint density at radius 1 is 1.50 bits per heavy atom. The quantitative estimate of drug-likeness (QED) is 0.490. The average Bonchev–Trinajstić information content (AvgIpc) is 2.93. The number of thiazole rings is 1. The van der Waals surface area contributed by atoms with Crippen LogP contribution in [0.2, 0.25) is 0 Å². The van der Waals surface area contributed by atoms with Crippen molar-refractivity contribution in [3.8, 4) is 0 Å². The third-order valence-electron chi connectivity index (χ3n) is 2.80. The highest BCUT2D eigenvalue weighted by Gasteiger charge is 2.09. The molecular weight excluding hydrogens is 340 g/mol. The van der Waals surface area contributed by atoms with Crippen LogP contribution in [0, 0.1) is 0 Å². The zero-order valence-corrected chi connectivity index (χ0v) is 13.4. The van der Waals surface area contributed by atoms with Gasteiger partial charge in [-0.1, -0.05) is 22.0 Å². The van der Waals surface area contributed by atoms with Gasteiger partial charge in [0.05, 0.1) is 11.2 Å². The maximum atomic E-state index is 11.4. The number of aromatic nitrogens is 1. The number of halogens is 1. The third kappa shape index (κ3) is 3.86. The molecule has 2 aromatic rings. The normalized spacial score (nSPS) is 10.8. The summed E-state index contributed by atoms with van der Waals surface area (Å²) in [5.74, 6) is 4.82. The highest BCUT2D eigenvalue weighted by molar-refractivity contribution is 9.10. The van der Waals surface area contributed by atoms with Crippen LogP contribution in [0.3, 0.4) is 0 Å². The molecule has 20 heavy (non-hydrogen) atoms. The van der Waals surface area contributed by atoms with Gasteiger partial charge in [-0.15, -0.1) is 11.3 Å². The maximum Gasteiger partial charge on any atom is 0.265 e. The Morgan fingerprint density at radius 3 is 2.90 bits per heavy atom. The van der Waals surface area contributed by atoms with Gasteiger partial charge >= 0.3 is 0 Å². The molecule has 2 rings (SSSR count). The standard InChI is InChI=1S/C13H15BrN4OS/c1-18(6-11-7-20-8-16-11)5-10-3-2-9(4-12(10)14)13(19)17-15/h2-4,7-8H,5-6,15H2,1H3,(H,17,19). The van der Waals surface area contributed by atoms with Crippen LogP contribution in [0.1, 0.15) is 21.6 Å². The lowest BCUT2D eigenvalue weighted by Gasteiger charge is -2.16. The van der Waals surface area contributed by atoms with Crippen LogP contribution in [0.5, 0.6) is 0 Å². The monoisotopic (exact) mass is 354 g/mol. The minimum Gasteiger partial charge on any atom is -0.296 e. The van der Waals surface area contributed by atoms with E-state index in [1.54, 1.807) is 23.5 Å². The van der Waals surface area contributed by atoms with Gasteiger partial charge in [-0.2, -0.15) is 0 Å². The smallest absolute Gasteiger partial charge is 0.265 e. The molecule has 3 N–H and O–H groups in total. The fraction of sp³-hybridized carbons (Fsp3) is 0.231. The molecule has 0 spiro atoms. The minimum atomic E-state index is -0.298. The summed E-state index contributed by atoms with van der Waals surface area (Å²) >= 11 is 5.09. The van der Waals surface area contributed by atoms with Crippen LogP contribution in [0.4, 0.5) is 0 Å². The molecule has 0 bridgehead atoms. The van der Waals surface area contributed by atoms with Crippen molar-refractivity contribution in [3.05, 3.63) is 50.4 Å². The Hall–Kier alpha value is -1.28. The highest BCUT2D eigenvalue weighted by atomic mass is 79.9. The molecule has 7 heteroatoms. The summed E-state index contributed by atoms with van der Waals surface area (Å²) in [5, 5.41) is 2.04. The number of benzene rings is 1. The summed E-state index contributed by atoms with van der Waals surface area (Å²) in [5.41, 5.74) is 6.66. The molecule has 0 saturated heterocycles. The lowest BCUT2D eigenvalue weighted by Crippen LogP contribution is -2.30. The van der Waals surface area contributed by atoms with Crippen LogP contribution < -0.4 is 11.3 Å². The molecular formula is C13H15BrN4OS. The number of nitrogen functional groups attached to an aromatic ring is 1. The Kier molecular flexibility index (Phi) is 5.24. The number of nitrogens with zero attached hydrogens (tertiary/aromatic N) is 2. The van der Waals surface area contributed by atoms with Crippen molar-refractivity contribution >= 4 is 33.2 Å². The van der Waals surface area contributed by atoms with Gasteiger partial charge in [0, 0.05) is 28.5 Å². The van der Waals surface area contributed by atoms with Gasteiger partial charge < -0.3 is 0 Å². The molecule has 1 heterocycles. The number of carbonyl (C=O) groups excluding carboxylic acids is 1. The second-order valence-electron chi connectivity index (χ2n) is 4.43. The number of nitrogens with two attached hydrogens (primary N) is 1. The van der Waals surface area contributed by atoms with E-state index in [9.17, 15) is 4.79 Å². The van der Waals surface area contributed by atoms with E-state index in [0.29, 0.717) is 5.56 Å². The van der Waals surface area contributed by atoms with E-state index in [-0.39, 0.29) is 5.91 Å². The summed E-state index contributed by atoms with van der Waals surface area (Å²) in [7, 11) is 2.03. The van der Waals surface area contributed by atoms with E-state index < -0.39 is 0 Å². The first kappa shape index (κ1) is 15.1. The molecule has 0 atom stereocenters. The molecule has 0 saturated carbocycles. The summed E-state index contributed by atoms with van der Waals surface area (Å²) in [6.45, 7) is 1.56. The summed E-state index contributed by atoms with van der Waals surface area (Å²) in [4.78, 5) is 17.9. The molecule has 1 aromatic heterocycles. The van der Waals surface area contributed by atoms with E-state index in [2.05, 4.69) is 31.2 Å². The molecule has 1 amide bonds. The van der Waals surface area contributed by atoms with Crippen molar-refractivity contribution < 1.29 is 4.79 Å². The third-order valence-corrected chi connectivity index (χ3v) is 4.18. The highest BCUT2D eigenvalue weighted by Crippen LogP contribution is 2.20.